The van der Waals surface area contributed by atoms with Crippen LogP contribution < -0.4 is 4.90 Å². The summed E-state index contributed by atoms with van der Waals surface area (Å²) >= 11 is 0. The lowest BCUT2D eigenvalue weighted by Crippen LogP contribution is -2.37. The molecule has 6 nitrogen and oxygen atoms in total. The number of aliphatic imine (C=N–C) groups is 1. The van der Waals surface area contributed by atoms with Crippen molar-refractivity contribution in [1.82, 2.24) is 9.80 Å². The summed E-state index contributed by atoms with van der Waals surface area (Å²) in [6.07, 6.45) is 1.03. The molecule has 1 saturated heterocycles. The molecule has 1 fully saturated rings. The molecule has 144 valence electrons. The van der Waals surface area contributed by atoms with Gasteiger partial charge in [-0.05, 0) is 51.5 Å². The number of carbonyl (C=O) groups excluding carboxylic acids is 1. The van der Waals surface area contributed by atoms with Gasteiger partial charge in [-0.15, -0.1) is 0 Å². The summed E-state index contributed by atoms with van der Waals surface area (Å²) in [6, 6.07) is 7.94. The summed E-state index contributed by atoms with van der Waals surface area (Å²) < 4.78 is 5.42. The zero-order chi connectivity index (χ0) is 19.5. The third-order valence-corrected chi connectivity index (χ3v) is 4.13. The number of carbonyl (C=O) groups is 1. The van der Waals surface area contributed by atoms with Gasteiger partial charge in [-0.3, -0.25) is 0 Å². The van der Waals surface area contributed by atoms with Gasteiger partial charge in [-0.25, -0.2) is 9.79 Å². The fraction of sp³-hybridized carbons (Fsp3) is 0.600. The lowest BCUT2D eigenvalue weighted by Gasteiger charge is -2.24. The van der Waals surface area contributed by atoms with Crippen LogP contribution in [0.3, 0.4) is 0 Å². The molecule has 1 aliphatic rings. The predicted octanol–water partition coefficient (Wildman–Crippen LogP) is 2.70. The molecular formula is C20H32N4O2. The molecule has 2 rings (SSSR count). The van der Waals surface area contributed by atoms with Gasteiger partial charge in [0, 0.05) is 47.0 Å². The van der Waals surface area contributed by atoms with Crippen molar-refractivity contribution in [2.75, 3.05) is 46.2 Å². The highest BCUT2D eigenvalue weighted by Crippen LogP contribution is 2.23. The van der Waals surface area contributed by atoms with Gasteiger partial charge in [-0.2, -0.15) is 0 Å². The number of hydrogen-bond acceptors (Lipinski definition) is 4. The Balaban J connectivity index is 2.03. The fourth-order valence-electron chi connectivity index (χ4n) is 3.02. The maximum atomic E-state index is 12.1. The van der Waals surface area contributed by atoms with Crippen molar-refractivity contribution in [2.45, 2.75) is 38.8 Å². The van der Waals surface area contributed by atoms with Crippen molar-refractivity contribution in [3.8, 4) is 0 Å². The molecule has 0 bridgehead atoms. The van der Waals surface area contributed by atoms with E-state index >= 15 is 0 Å². The molecule has 1 atom stereocenters. The van der Waals surface area contributed by atoms with Gasteiger partial charge in [0.2, 0.25) is 0 Å². The minimum atomic E-state index is -0.480. The fourth-order valence-corrected chi connectivity index (χ4v) is 3.02. The van der Waals surface area contributed by atoms with E-state index in [1.54, 1.807) is 0 Å². The standard InChI is InChI=1S/C20H32N4O2/c1-20(2,3)26-18(25)15-8-10-17(11-9-15)24-13-12-16(14-24)21-19(22(4)5)23(6)7/h8-11,16H,12-14H2,1-7H3/t16-/m0/s1. The van der Waals surface area contributed by atoms with Gasteiger partial charge >= 0.3 is 5.97 Å². The van der Waals surface area contributed by atoms with Gasteiger partial charge < -0.3 is 19.4 Å². The first-order valence-corrected chi connectivity index (χ1v) is 9.07. The molecule has 0 radical (unpaired) electrons. The summed E-state index contributed by atoms with van der Waals surface area (Å²) in [6.45, 7) is 7.48. The Kier molecular flexibility index (Phi) is 6.16. The van der Waals surface area contributed by atoms with E-state index in [2.05, 4.69) is 4.90 Å². The Bertz CT molecular complexity index is 635. The van der Waals surface area contributed by atoms with Crippen LogP contribution in [0.5, 0.6) is 0 Å². The molecule has 0 spiro atoms. The van der Waals surface area contributed by atoms with Crippen molar-refractivity contribution in [3.05, 3.63) is 29.8 Å². The van der Waals surface area contributed by atoms with Crippen molar-refractivity contribution in [2.24, 2.45) is 4.99 Å². The summed E-state index contributed by atoms with van der Waals surface area (Å²) in [5, 5.41) is 0. The molecule has 0 amide bonds. The van der Waals surface area contributed by atoms with Gasteiger partial charge in [0.15, 0.2) is 5.96 Å². The van der Waals surface area contributed by atoms with E-state index in [1.165, 1.54) is 0 Å². The van der Waals surface area contributed by atoms with Crippen molar-refractivity contribution >= 4 is 17.6 Å². The second-order valence-corrected chi connectivity index (χ2v) is 8.16. The maximum absolute atomic E-state index is 12.1. The Morgan fingerprint density at radius 1 is 1.12 bits per heavy atom. The molecular weight excluding hydrogens is 328 g/mol. The Hall–Kier alpha value is -2.24. The predicted molar refractivity (Wildman–Crippen MR) is 107 cm³/mol. The van der Waals surface area contributed by atoms with Crippen molar-refractivity contribution in [1.29, 1.82) is 0 Å². The highest BCUT2D eigenvalue weighted by atomic mass is 16.6. The van der Waals surface area contributed by atoms with Crippen LogP contribution in [-0.2, 0) is 4.74 Å². The first-order chi connectivity index (χ1) is 12.1. The molecule has 0 saturated carbocycles. The summed E-state index contributed by atoms with van der Waals surface area (Å²) in [4.78, 5) is 23.4. The number of esters is 1. The van der Waals surface area contributed by atoms with Crippen molar-refractivity contribution in [3.63, 3.8) is 0 Å². The second-order valence-electron chi connectivity index (χ2n) is 8.16. The number of nitrogens with zero attached hydrogens (tertiary/aromatic N) is 4. The molecule has 1 aromatic carbocycles. The minimum absolute atomic E-state index is 0.278. The minimum Gasteiger partial charge on any atom is -0.456 e. The summed E-state index contributed by atoms with van der Waals surface area (Å²) in [5.74, 6) is 0.701. The number of benzene rings is 1. The average Bonchev–Trinajstić information content (AvgIpc) is 2.99. The summed E-state index contributed by atoms with van der Waals surface area (Å²) in [7, 11) is 8.06. The molecule has 26 heavy (non-hydrogen) atoms. The van der Waals surface area contributed by atoms with E-state index in [0.717, 1.165) is 31.2 Å². The molecule has 6 heteroatoms. The molecule has 0 aromatic heterocycles. The average molecular weight is 361 g/mol. The van der Waals surface area contributed by atoms with Crippen LogP contribution in [-0.4, -0.2) is 74.7 Å². The lowest BCUT2D eigenvalue weighted by molar-refractivity contribution is 0.00695. The first kappa shape index (κ1) is 20.1. The van der Waals surface area contributed by atoms with Gasteiger partial charge in [0.25, 0.3) is 0 Å². The third kappa shape index (κ3) is 5.38. The number of rotatable bonds is 3. The Morgan fingerprint density at radius 3 is 2.19 bits per heavy atom. The largest absolute Gasteiger partial charge is 0.456 e. The second kappa shape index (κ2) is 7.98. The van der Waals surface area contributed by atoms with Gasteiger partial charge in [0.1, 0.15) is 5.60 Å². The molecule has 1 aromatic rings. The first-order valence-electron chi connectivity index (χ1n) is 9.07. The molecule has 0 aliphatic carbocycles. The number of anilines is 1. The monoisotopic (exact) mass is 360 g/mol. The Labute approximate surface area is 157 Å². The molecule has 0 unspecified atom stereocenters. The normalized spacial score (nSPS) is 17.0. The Morgan fingerprint density at radius 2 is 1.69 bits per heavy atom. The molecule has 0 N–H and O–H groups in total. The van der Waals surface area contributed by atoms with Crippen molar-refractivity contribution < 1.29 is 9.53 Å². The zero-order valence-electron chi connectivity index (χ0n) is 17.1. The van der Waals surface area contributed by atoms with E-state index in [9.17, 15) is 4.79 Å². The van der Waals surface area contributed by atoms with E-state index in [1.807, 2.05) is 83.0 Å². The van der Waals surface area contributed by atoms with Crippen LogP contribution in [0, 0.1) is 0 Å². The highest BCUT2D eigenvalue weighted by molar-refractivity contribution is 5.90. The highest BCUT2D eigenvalue weighted by Gasteiger charge is 2.24. The van der Waals surface area contributed by atoms with Crippen LogP contribution >= 0.6 is 0 Å². The smallest absolute Gasteiger partial charge is 0.338 e. The van der Waals surface area contributed by atoms with Crippen LogP contribution in [0.25, 0.3) is 0 Å². The SMILES string of the molecule is CN(C)C(=N[C@H]1CCN(c2ccc(C(=O)OC(C)(C)C)cc2)C1)N(C)C. The van der Waals surface area contributed by atoms with Crippen LogP contribution in [0.4, 0.5) is 5.69 Å². The zero-order valence-corrected chi connectivity index (χ0v) is 17.1. The van der Waals surface area contributed by atoms with E-state index in [0.29, 0.717) is 5.56 Å². The van der Waals surface area contributed by atoms with Crippen LogP contribution in [0.2, 0.25) is 0 Å². The number of hydrogen-bond donors (Lipinski definition) is 0. The van der Waals surface area contributed by atoms with Gasteiger partial charge in [-0.1, -0.05) is 0 Å². The van der Waals surface area contributed by atoms with E-state index < -0.39 is 5.60 Å². The number of guanidine groups is 1. The topological polar surface area (TPSA) is 48.4 Å². The lowest BCUT2D eigenvalue weighted by atomic mass is 10.1. The number of ether oxygens (including phenoxy) is 1. The van der Waals surface area contributed by atoms with Crippen LogP contribution in [0.15, 0.2) is 29.3 Å². The molecule has 1 heterocycles. The van der Waals surface area contributed by atoms with E-state index in [-0.39, 0.29) is 12.0 Å². The summed E-state index contributed by atoms with van der Waals surface area (Å²) in [5.41, 5.74) is 1.22. The maximum Gasteiger partial charge on any atom is 0.338 e. The third-order valence-electron chi connectivity index (χ3n) is 4.13. The van der Waals surface area contributed by atoms with Gasteiger partial charge in [0.05, 0.1) is 11.6 Å². The quantitative estimate of drug-likeness (QED) is 0.471. The van der Waals surface area contributed by atoms with Crippen LogP contribution in [0.1, 0.15) is 37.6 Å². The molecule has 1 aliphatic heterocycles. The van der Waals surface area contributed by atoms with E-state index in [4.69, 9.17) is 9.73 Å².